The van der Waals surface area contributed by atoms with E-state index in [9.17, 15) is 4.79 Å². The van der Waals surface area contributed by atoms with E-state index in [0.717, 1.165) is 59.0 Å². The largest absolute Gasteiger partial charge is 0.484 e. The number of benzene rings is 4. The second-order valence-electron chi connectivity index (χ2n) is 9.35. The van der Waals surface area contributed by atoms with Gasteiger partial charge in [-0.1, -0.05) is 60.7 Å². The first-order valence-electron chi connectivity index (χ1n) is 12.8. The minimum atomic E-state index is 0.0509. The van der Waals surface area contributed by atoms with E-state index >= 15 is 0 Å². The SMILES string of the molecule is O=C(COc1ccc(-c2nnc(Nc3cccc4ccccc34)c3ccccc23)cc1)N1CCCCC1. The highest BCUT2D eigenvalue weighted by molar-refractivity contribution is 6.03. The van der Waals surface area contributed by atoms with Crippen LogP contribution in [0.4, 0.5) is 11.5 Å². The van der Waals surface area contributed by atoms with Crippen LogP contribution in [0.5, 0.6) is 5.75 Å². The van der Waals surface area contributed by atoms with Crippen LogP contribution >= 0.6 is 0 Å². The molecule has 2 heterocycles. The molecule has 6 rings (SSSR count). The molecule has 0 saturated carbocycles. The van der Waals surface area contributed by atoms with Gasteiger partial charge in [-0.2, -0.15) is 0 Å². The van der Waals surface area contributed by atoms with Crippen molar-refractivity contribution in [2.75, 3.05) is 25.0 Å². The van der Waals surface area contributed by atoms with Crippen molar-refractivity contribution < 1.29 is 9.53 Å². The first kappa shape index (κ1) is 23.0. The Morgan fingerprint density at radius 3 is 2.27 bits per heavy atom. The molecule has 4 aromatic carbocycles. The minimum Gasteiger partial charge on any atom is -0.484 e. The lowest BCUT2D eigenvalue weighted by Gasteiger charge is -2.26. The number of hydrogen-bond acceptors (Lipinski definition) is 5. The van der Waals surface area contributed by atoms with Gasteiger partial charge in [-0.3, -0.25) is 4.79 Å². The molecule has 5 aromatic rings. The molecule has 0 atom stereocenters. The van der Waals surface area contributed by atoms with Crippen molar-refractivity contribution >= 4 is 39.0 Å². The lowest BCUT2D eigenvalue weighted by Crippen LogP contribution is -2.38. The number of ether oxygens (including phenoxy) is 1. The second kappa shape index (κ2) is 10.3. The van der Waals surface area contributed by atoms with Crippen molar-refractivity contribution in [3.05, 3.63) is 91.0 Å². The Hall–Kier alpha value is -4.45. The van der Waals surface area contributed by atoms with E-state index in [1.807, 2.05) is 59.5 Å². The van der Waals surface area contributed by atoms with Crippen LogP contribution in [0.2, 0.25) is 0 Å². The molecule has 0 radical (unpaired) electrons. The van der Waals surface area contributed by atoms with Crippen LogP contribution in [0.15, 0.2) is 91.0 Å². The summed E-state index contributed by atoms with van der Waals surface area (Å²) in [7, 11) is 0. The molecule has 6 heteroatoms. The fourth-order valence-corrected chi connectivity index (χ4v) is 4.96. The van der Waals surface area contributed by atoms with E-state index in [2.05, 4.69) is 51.9 Å². The molecule has 1 aliphatic heterocycles. The van der Waals surface area contributed by atoms with Gasteiger partial charge >= 0.3 is 0 Å². The fraction of sp³-hybridized carbons (Fsp3) is 0.194. The summed E-state index contributed by atoms with van der Waals surface area (Å²) in [5, 5.41) is 17.0. The number of carbonyl (C=O) groups excluding carboxylic acids is 1. The monoisotopic (exact) mass is 488 g/mol. The number of fused-ring (bicyclic) bond motifs is 2. The quantitative estimate of drug-likeness (QED) is 0.292. The van der Waals surface area contributed by atoms with Gasteiger partial charge in [0.25, 0.3) is 5.91 Å². The van der Waals surface area contributed by atoms with Crippen LogP contribution in [0.1, 0.15) is 19.3 Å². The Balaban J connectivity index is 1.24. The zero-order valence-corrected chi connectivity index (χ0v) is 20.6. The summed E-state index contributed by atoms with van der Waals surface area (Å²) in [4.78, 5) is 14.3. The van der Waals surface area contributed by atoms with E-state index in [-0.39, 0.29) is 12.5 Å². The molecule has 0 bridgehead atoms. The number of nitrogens with zero attached hydrogens (tertiary/aromatic N) is 3. The fourth-order valence-electron chi connectivity index (χ4n) is 4.96. The van der Waals surface area contributed by atoms with Gasteiger partial charge in [-0.25, -0.2) is 0 Å². The Kier molecular flexibility index (Phi) is 6.38. The molecule has 1 saturated heterocycles. The summed E-state index contributed by atoms with van der Waals surface area (Å²) in [6.45, 7) is 1.73. The molecule has 1 aromatic heterocycles. The number of hydrogen-bond donors (Lipinski definition) is 1. The number of rotatable bonds is 6. The van der Waals surface area contributed by atoms with Gasteiger partial charge in [0.05, 0.1) is 0 Å². The lowest BCUT2D eigenvalue weighted by molar-refractivity contribution is -0.134. The van der Waals surface area contributed by atoms with Crippen molar-refractivity contribution in [3.63, 3.8) is 0 Å². The lowest BCUT2D eigenvalue weighted by atomic mass is 10.0. The van der Waals surface area contributed by atoms with Gasteiger partial charge in [-0.15, -0.1) is 10.2 Å². The highest BCUT2D eigenvalue weighted by Gasteiger charge is 2.17. The molecule has 0 spiro atoms. The number of aromatic nitrogens is 2. The predicted octanol–water partition coefficient (Wildman–Crippen LogP) is 6.58. The summed E-state index contributed by atoms with van der Waals surface area (Å²) in [5.41, 5.74) is 2.73. The first-order chi connectivity index (χ1) is 18.3. The summed E-state index contributed by atoms with van der Waals surface area (Å²) < 4.78 is 5.78. The second-order valence-corrected chi connectivity index (χ2v) is 9.35. The van der Waals surface area contributed by atoms with Gasteiger partial charge in [0.1, 0.15) is 11.4 Å². The maximum atomic E-state index is 12.4. The average molecular weight is 489 g/mol. The third kappa shape index (κ3) is 4.83. The number of likely N-dealkylation sites (tertiary alicyclic amines) is 1. The number of nitrogens with one attached hydrogen (secondary N) is 1. The molecule has 184 valence electrons. The molecule has 6 nitrogen and oxygen atoms in total. The number of piperidine rings is 1. The molecule has 1 N–H and O–H groups in total. The molecule has 0 unspecified atom stereocenters. The zero-order valence-electron chi connectivity index (χ0n) is 20.6. The molecule has 37 heavy (non-hydrogen) atoms. The van der Waals surface area contributed by atoms with Crippen LogP contribution in [0.25, 0.3) is 32.8 Å². The molecular formula is C31H28N4O2. The maximum absolute atomic E-state index is 12.4. The van der Waals surface area contributed by atoms with Crippen LogP contribution in [0, 0.1) is 0 Å². The summed E-state index contributed by atoms with van der Waals surface area (Å²) in [5.74, 6) is 1.43. The van der Waals surface area contributed by atoms with Gasteiger partial charge in [-0.05, 0) is 55.0 Å². The topological polar surface area (TPSA) is 67.3 Å². The smallest absolute Gasteiger partial charge is 0.260 e. The number of anilines is 2. The van der Waals surface area contributed by atoms with Crippen LogP contribution < -0.4 is 10.1 Å². The first-order valence-corrected chi connectivity index (χ1v) is 12.8. The van der Waals surface area contributed by atoms with Crippen molar-refractivity contribution in [3.8, 4) is 17.0 Å². The highest BCUT2D eigenvalue weighted by Crippen LogP contribution is 2.33. The zero-order chi connectivity index (χ0) is 25.0. The van der Waals surface area contributed by atoms with E-state index in [1.165, 1.54) is 11.8 Å². The van der Waals surface area contributed by atoms with E-state index < -0.39 is 0 Å². The van der Waals surface area contributed by atoms with Crippen molar-refractivity contribution in [2.24, 2.45) is 0 Å². The Labute approximate surface area is 215 Å². The Morgan fingerprint density at radius 2 is 1.46 bits per heavy atom. The molecule has 1 aliphatic rings. The predicted molar refractivity (Wildman–Crippen MR) is 148 cm³/mol. The minimum absolute atomic E-state index is 0.0509. The van der Waals surface area contributed by atoms with E-state index in [1.54, 1.807) is 0 Å². The van der Waals surface area contributed by atoms with Crippen LogP contribution in [-0.2, 0) is 4.79 Å². The standard InChI is InChI=1S/C31H28N4O2/c36-29(35-19-6-1-7-20-35)21-37-24-17-15-23(16-18-24)30-26-12-4-5-13-27(26)31(34-33-30)32-28-14-8-10-22-9-2-3-11-25(22)28/h2-5,8-18H,1,6-7,19-21H2,(H,32,34). The summed E-state index contributed by atoms with van der Waals surface area (Å²) >= 11 is 0. The van der Waals surface area contributed by atoms with Crippen molar-refractivity contribution in [1.29, 1.82) is 0 Å². The number of amides is 1. The molecule has 1 amide bonds. The third-order valence-electron chi connectivity index (χ3n) is 6.93. The van der Waals surface area contributed by atoms with Gasteiger partial charge < -0.3 is 15.0 Å². The van der Waals surface area contributed by atoms with Crippen molar-refractivity contribution in [1.82, 2.24) is 15.1 Å². The highest BCUT2D eigenvalue weighted by atomic mass is 16.5. The normalized spacial score (nSPS) is 13.6. The number of carbonyl (C=O) groups is 1. The Bertz CT molecular complexity index is 1550. The van der Waals surface area contributed by atoms with Gasteiger partial charge in [0.2, 0.25) is 0 Å². The van der Waals surface area contributed by atoms with Crippen LogP contribution in [-0.4, -0.2) is 40.7 Å². The third-order valence-corrected chi connectivity index (χ3v) is 6.93. The molecule has 0 aliphatic carbocycles. The molecule has 1 fully saturated rings. The van der Waals surface area contributed by atoms with E-state index in [0.29, 0.717) is 11.6 Å². The summed E-state index contributed by atoms with van der Waals surface area (Å²) in [6, 6.07) is 30.3. The van der Waals surface area contributed by atoms with Crippen molar-refractivity contribution in [2.45, 2.75) is 19.3 Å². The van der Waals surface area contributed by atoms with Gasteiger partial charge in [0.15, 0.2) is 12.4 Å². The maximum Gasteiger partial charge on any atom is 0.260 e. The van der Waals surface area contributed by atoms with Gasteiger partial charge in [0, 0.05) is 40.5 Å². The molecular weight excluding hydrogens is 460 g/mol. The van der Waals surface area contributed by atoms with Crippen LogP contribution in [0.3, 0.4) is 0 Å². The average Bonchev–Trinajstić information content (AvgIpc) is 2.97. The van der Waals surface area contributed by atoms with E-state index in [4.69, 9.17) is 4.74 Å². The Morgan fingerprint density at radius 1 is 0.757 bits per heavy atom. The summed E-state index contributed by atoms with van der Waals surface area (Å²) in [6.07, 6.45) is 3.35.